The summed E-state index contributed by atoms with van der Waals surface area (Å²) in [6, 6.07) is 5.57. The molecule has 0 spiro atoms. The average Bonchev–Trinajstić information content (AvgIpc) is 3.17. The fraction of sp³-hybridized carbons (Fsp3) is 0.214. The molecule has 0 aromatic carbocycles. The van der Waals surface area contributed by atoms with Crippen LogP contribution in [-0.2, 0) is 11.3 Å². The minimum Gasteiger partial charge on any atom is -0.360 e. The molecule has 3 aromatic heterocycles. The fourth-order valence-electron chi connectivity index (χ4n) is 1.96. The molecule has 21 heavy (non-hydrogen) atoms. The molecule has 3 heterocycles. The summed E-state index contributed by atoms with van der Waals surface area (Å²) in [6.45, 7) is 2.28. The number of hydrogen-bond acceptors (Lipinski definition) is 4. The molecule has 0 aliphatic rings. The van der Waals surface area contributed by atoms with E-state index >= 15 is 0 Å². The minimum atomic E-state index is -0.124. The van der Waals surface area contributed by atoms with Crippen LogP contribution in [0.5, 0.6) is 0 Å². The standard InChI is InChI=1S/C14H15N5O2/c1-11-8-13(17-21-11)16-14(20)4-7-19-10-12(9-15-19)18-5-2-3-6-18/h2-3,5-6,8-10H,4,7H2,1H3,(H,16,17,20). The average molecular weight is 285 g/mol. The quantitative estimate of drug-likeness (QED) is 0.777. The lowest BCUT2D eigenvalue weighted by Gasteiger charge is -2.02. The van der Waals surface area contributed by atoms with E-state index in [4.69, 9.17) is 4.52 Å². The third kappa shape index (κ3) is 3.19. The molecule has 0 aliphatic heterocycles. The lowest BCUT2D eigenvalue weighted by Crippen LogP contribution is -2.14. The first-order chi connectivity index (χ1) is 10.2. The van der Waals surface area contributed by atoms with E-state index in [9.17, 15) is 4.79 Å². The van der Waals surface area contributed by atoms with Gasteiger partial charge in [0.05, 0.1) is 11.9 Å². The lowest BCUT2D eigenvalue weighted by molar-refractivity contribution is -0.116. The van der Waals surface area contributed by atoms with Crippen LogP contribution in [0.3, 0.4) is 0 Å². The molecule has 0 saturated carbocycles. The van der Waals surface area contributed by atoms with Crippen LogP contribution >= 0.6 is 0 Å². The zero-order chi connectivity index (χ0) is 14.7. The molecule has 0 atom stereocenters. The van der Waals surface area contributed by atoms with E-state index < -0.39 is 0 Å². The minimum absolute atomic E-state index is 0.124. The van der Waals surface area contributed by atoms with Crippen LogP contribution in [0.1, 0.15) is 12.2 Å². The number of rotatable bonds is 5. The highest BCUT2D eigenvalue weighted by Crippen LogP contribution is 2.09. The molecule has 1 amide bonds. The SMILES string of the molecule is Cc1cc(NC(=O)CCn2cc(-n3cccc3)cn2)no1. The van der Waals surface area contributed by atoms with Gasteiger partial charge in [0.15, 0.2) is 5.82 Å². The molecule has 0 radical (unpaired) electrons. The van der Waals surface area contributed by atoms with Gasteiger partial charge in [-0.05, 0) is 19.1 Å². The maximum atomic E-state index is 11.8. The van der Waals surface area contributed by atoms with Gasteiger partial charge in [0, 0.05) is 37.6 Å². The van der Waals surface area contributed by atoms with Crippen molar-refractivity contribution in [2.24, 2.45) is 0 Å². The number of amides is 1. The molecular formula is C14H15N5O2. The van der Waals surface area contributed by atoms with Gasteiger partial charge in [-0.25, -0.2) is 0 Å². The van der Waals surface area contributed by atoms with Crippen molar-refractivity contribution < 1.29 is 9.32 Å². The first kappa shape index (κ1) is 13.2. The molecule has 3 aromatic rings. The van der Waals surface area contributed by atoms with Crippen LogP contribution in [-0.4, -0.2) is 25.4 Å². The summed E-state index contributed by atoms with van der Waals surface area (Å²) in [5.41, 5.74) is 0.965. The second-order valence-electron chi connectivity index (χ2n) is 4.67. The van der Waals surface area contributed by atoms with Gasteiger partial charge < -0.3 is 14.4 Å². The first-order valence-electron chi connectivity index (χ1n) is 6.60. The van der Waals surface area contributed by atoms with Gasteiger partial charge in [-0.15, -0.1) is 0 Å². The van der Waals surface area contributed by atoms with Crippen molar-refractivity contribution in [3.05, 3.63) is 48.7 Å². The molecular weight excluding hydrogens is 270 g/mol. The topological polar surface area (TPSA) is 77.9 Å². The molecule has 108 valence electrons. The Labute approximate surface area is 121 Å². The summed E-state index contributed by atoms with van der Waals surface area (Å²) in [5, 5.41) is 10.6. The molecule has 7 nitrogen and oxygen atoms in total. The van der Waals surface area contributed by atoms with Crippen LogP contribution in [0.15, 0.2) is 47.5 Å². The smallest absolute Gasteiger partial charge is 0.227 e. The van der Waals surface area contributed by atoms with Gasteiger partial charge in [-0.3, -0.25) is 9.48 Å². The highest BCUT2D eigenvalue weighted by atomic mass is 16.5. The summed E-state index contributed by atoms with van der Waals surface area (Å²) in [7, 11) is 0. The molecule has 3 rings (SSSR count). The van der Waals surface area contributed by atoms with E-state index in [0.29, 0.717) is 24.5 Å². The number of carbonyl (C=O) groups excluding carboxylic acids is 1. The number of nitrogens with one attached hydrogen (secondary N) is 1. The largest absolute Gasteiger partial charge is 0.360 e. The highest BCUT2D eigenvalue weighted by molar-refractivity contribution is 5.89. The number of anilines is 1. The summed E-state index contributed by atoms with van der Waals surface area (Å²) in [6.07, 6.45) is 7.87. The molecule has 0 bridgehead atoms. The Morgan fingerprint density at radius 2 is 2.19 bits per heavy atom. The third-order valence-corrected chi connectivity index (χ3v) is 2.99. The van der Waals surface area contributed by atoms with Gasteiger partial charge in [-0.1, -0.05) is 5.16 Å². The van der Waals surface area contributed by atoms with E-state index in [1.165, 1.54) is 0 Å². The molecule has 0 saturated heterocycles. The number of hydrogen-bond donors (Lipinski definition) is 1. The second-order valence-corrected chi connectivity index (χ2v) is 4.67. The zero-order valence-corrected chi connectivity index (χ0v) is 11.6. The van der Waals surface area contributed by atoms with Crippen LogP contribution in [0, 0.1) is 6.92 Å². The van der Waals surface area contributed by atoms with Crippen molar-refractivity contribution in [3.8, 4) is 5.69 Å². The molecule has 7 heteroatoms. The third-order valence-electron chi connectivity index (χ3n) is 2.99. The van der Waals surface area contributed by atoms with Gasteiger partial charge >= 0.3 is 0 Å². The predicted molar refractivity (Wildman–Crippen MR) is 76.0 cm³/mol. The summed E-state index contributed by atoms with van der Waals surface area (Å²) in [4.78, 5) is 11.8. The van der Waals surface area contributed by atoms with E-state index in [-0.39, 0.29) is 5.91 Å². The number of nitrogens with zero attached hydrogens (tertiary/aromatic N) is 4. The van der Waals surface area contributed by atoms with Crippen LogP contribution < -0.4 is 5.32 Å². The molecule has 0 fully saturated rings. The summed E-state index contributed by atoms with van der Waals surface area (Å²) < 4.78 is 8.59. The fourth-order valence-corrected chi connectivity index (χ4v) is 1.96. The first-order valence-corrected chi connectivity index (χ1v) is 6.60. The number of carbonyl (C=O) groups is 1. The molecule has 0 unspecified atom stereocenters. The number of aryl methyl sites for hydroxylation is 2. The van der Waals surface area contributed by atoms with Crippen molar-refractivity contribution >= 4 is 11.7 Å². The van der Waals surface area contributed by atoms with Gasteiger partial charge in [-0.2, -0.15) is 5.10 Å². The van der Waals surface area contributed by atoms with Gasteiger partial charge in [0.2, 0.25) is 5.91 Å². The monoisotopic (exact) mass is 285 g/mol. The van der Waals surface area contributed by atoms with Crippen molar-refractivity contribution in [1.82, 2.24) is 19.5 Å². The van der Waals surface area contributed by atoms with E-state index in [1.807, 2.05) is 35.3 Å². The van der Waals surface area contributed by atoms with Gasteiger partial charge in [0.1, 0.15) is 5.76 Å². The Bertz CT molecular complexity index is 726. The zero-order valence-electron chi connectivity index (χ0n) is 11.6. The lowest BCUT2D eigenvalue weighted by atomic mass is 10.4. The van der Waals surface area contributed by atoms with Crippen molar-refractivity contribution in [2.45, 2.75) is 19.9 Å². The Kier molecular flexibility index (Phi) is 3.55. The van der Waals surface area contributed by atoms with Crippen molar-refractivity contribution in [3.63, 3.8) is 0 Å². The van der Waals surface area contributed by atoms with E-state index in [2.05, 4.69) is 15.6 Å². The summed E-state index contributed by atoms with van der Waals surface area (Å²) in [5.74, 6) is 0.973. The summed E-state index contributed by atoms with van der Waals surface area (Å²) >= 11 is 0. The van der Waals surface area contributed by atoms with Crippen LogP contribution in [0.2, 0.25) is 0 Å². The Morgan fingerprint density at radius 1 is 1.38 bits per heavy atom. The van der Waals surface area contributed by atoms with E-state index in [0.717, 1.165) is 5.69 Å². The van der Waals surface area contributed by atoms with Crippen LogP contribution in [0.4, 0.5) is 5.82 Å². The second kappa shape index (κ2) is 5.66. The van der Waals surface area contributed by atoms with Crippen molar-refractivity contribution in [2.75, 3.05) is 5.32 Å². The van der Waals surface area contributed by atoms with Gasteiger partial charge in [0.25, 0.3) is 0 Å². The highest BCUT2D eigenvalue weighted by Gasteiger charge is 2.07. The molecule has 1 N–H and O–H groups in total. The maximum Gasteiger partial charge on any atom is 0.227 e. The Morgan fingerprint density at radius 3 is 2.90 bits per heavy atom. The van der Waals surface area contributed by atoms with E-state index in [1.54, 1.807) is 23.9 Å². The normalized spacial score (nSPS) is 10.7. The molecule has 0 aliphatic carbocycles. The Balaban J connectivity index is 1.54. The number of aromatic nitrogens is 4. The van der Waals surface area contributed by atoms with Crippen LogP contribution in [0.25, 0.3) is 5.69 Å². The predicted octanol–water partition coefficient (Wildman–Crippen LogP) is 2.00. The maximum absolute atomic E-state index is 11.8. The Hall–Kier alpha value is -2.83. The van der Waals surface area contributed by atoms with Crippen molar-refractivity contribution in [1.29, 1.82) is 0 Å².